The molecule has 1 heterocycles. The van der Waals surface area contributed by atoms with E-state index in [4.69, 9.17) is 4.74 Å². The van der Waals surface area contributed by atoms with Crippen molar-refractivity contribution in [2.24, 2.45) is 0 Å². The molecule has 1 aromatic carbocycles. The first kappa shape index (κ1) is 20.3. The topological polar surface area (TPSA) is 98.3 Å². The van der Waals surface area contributed by atoms with Gasteiger partial charge < -0.3 is 4.74 Å². The van der Waals surface area contributed by atoms with Crippen molar-refractivity contribution in [3.63, 3.8) is 0 Å². The molecular weight excluding hydrogens is 374 g/mol. The van der Waals surface area contributed by atoms with Gasteiger partial charge in [0.2, 0.25) is 19.3 Å². The van der Waals surface area contributed by atoms with Crippen molar-refractivity contribution in [1.29, 1.82) is 0 Å². The maximum absolute atomic E-state index is 11.9. The summed E-state index contributed by atoms with van der Waals surface area (Å²) in [6.45, 7) is 7.92. The second kappa shape index (κ2) is 8.13. The quantitative estimate of drug-likeness (QED) is 0.721. The molecule has 2 aromatic rings. The van der Waals surface area contributed by atoms with Crippen molar-refractivity contribution >= 4 is 32.2 Å². The summed E-state index contributed by atoms with van der Waals surface area (Å²) in [6, 6.07) is 7.55. The summed E-state index contributed by atoms with van der Waals surface area (Å²) < 4.78 is 29.2. The number of nitrogens with zero attached hydrogens (tertiary/aromatic N) is 2. The van der Waals surface area contributed by atoms with Gasteiger partial charge in [-0.1, -0.05) is 51.2 Å². The molecule has 0 saturated heterocycles. The van der Waals surface area contributed by atoms with E-state index in [-0.39, 0.29) is 27.2 Å². The highest BCUT2D eigenvalue weighted by Crippen LogP contribution is 2.24. The maximum Gasteiger partial charge on any atom is 0.264 e. The van der Waals surface area contributed by atoms with Crippen LogP contribution in [-0.4, -0.2) is 36.9 Å². The van der Waals surface area contributed by atoms with Gasteiger partial charge in [-0.3, -0.25) is 10.1 Å². The second-order valence-electron chi connectivity index (χ2n) is 6.80. The Kier molecular flexibility index (Phi) is 6.35. The highest BCUT2D eigenvalue weighted by Gasteiger charge is 2.20. The van der Waals surface area contributed by atoms with E-state index >= 15 is 0 Å². The third-order valence-corrected chi connectivity index (χ3v) is 6.69. The number of sulfone groups is 1. The van der Waals surface area contributed by atoms with Crippen LogP contribution in [-0.2, 0) is 20.0 Å². The predicted octanol–water partition coefficient (Wildman–Crippen LogP) is 3.04. The fourth-order valence-corrected chi connectivity index (χ4v) is 4.46. The summed E-state index contributed by atoms with van der Waals surface area (Å²) in [5.74, 6) is 0.153. The molecule has 1 N–H and O–H groups in total. The standard InChI is InChI=1S/C17H23N3O4S2/c1-5-10-26(22,23)16-20-19-15(25-16)18-14(21)11-24-13-8-6-12(7-9-13)17(2,3)4/h6-9H,5,10-11H2,1-4H3,(H,18,19,21). The Morgan fingerprint density at radius 3 is 2.42 bits per heavy atom. The van der Waals surface area contributed by atoms with Crippen molar-refractivity contribution in [3.05, 3.63) is 29.8 Å². The zero-order chi connectivity index (χ0) is 19.4. The molecule has 0 aliphatic heterocycles. The Bertz CT molecular complexity index is 853. The monoisotopic (exact) mass is 397 g/mol. The normalized spacial score (nSPS) is 12.0. The highest BCUT2D eigenvalue weighted by atomic mass is 32.2. The fourth-order valence-electron chi connectivity index (χ4n) is 2.10. The fraction of sp³-hybridized carbons (Fsp3) is 0.471. The summed E-state index contributed by atoms with van der Waals surface area (Å²) in [6.07, 6.45) is 0.492. The van der Waals surface area contributed by atoms with Gasteiger partial charge in [0.25, 0.3) is 5.91 Å². The Morgan fingerprint density at radius 2 is 1.85 bits per heavy atom. The predicted molar refractivity (Wildman–Crippen MR) is 102 cm³/mol. The highest BCUT2D eigenvalue weighted by molar-refractivity contribution is 7.93. The van der Waals surface area contributed by atoms with Gasteiger partial charge in [-0.05, 0) is 29.5 Å². The summed E-state index contributed by atoms with van der Waals surface area (Å²) in [5, 5.41) is 9.97. The number of anilines is 1. The average Bonchev–Trinajstić information content (AvgIpc) is 3.02. The van der Waals surface area contributed by atoms with Crippen molar-refractivity contribution in [2.45, 2.75) is 43.9 Å². The zero-order valence-corrected chi connectivity index (χ0v) is 16.9. The SMILES string of the molecule is CCCS(=O)(=O)c1nnc(NC(=O)COc2ccc(C(C)(C)C)cc2)s1. The number of hydrogen-bond acceptors (Lipinski definition) is 7. The van der Waals surface area contributed by atoms with E-state index in [9.17, 15) is 13.2 Å². The molecule has 0 aliphatic carbocycles. The molecule has 0 atom stereocenters. The van der Waals surface area contributed by atoms with Gasteiger partial charge >= 0.3 is 0 Å². The van der Waals surface area contributed by atoms with Crippen molar-refractivity contribution in [2.75, 3.05) is 17.7 Å². The van der Waals surface area contributed by atoms with Gasteiger partial charge in [-0.15, -0.1) is 10.2 Å². The molecule has 2 rings (SSSR count). The van der Waals surface area contributed by atoms with Crippen molar-refractivity contribution < 1.29 is 17.9 Å². The average molecular weight is 398 g/mol. The van der Waals surface area contributed by atoms with Crippen LogP contribution in [0.5, 0.6) is 5.75 Å². The molecule has 0 aliphatic rings. The molecule has 0 unspecified atom stereocenters. The Hall–Kier alpha value is -2.00. The Labute approximate surface area is 157 Å². The Balaban J connectivity index is 1.90. The van der Waals surface area contributed by atoms with Crippen LogP contribution in [0.15, 0.2) is 28.6 Å². The molecule has 0 spiro atoms. The van der Waals surface area contributed by atoms with Crippen LogP contribution >= 0.6 is 11.3 Å². The molecule has 0 fully saturated rings. The van der Waals surface area contributed by atoms with Crippen LogP contribution in [0, 0.1) is 0 Å². The van der Waals surface area contributed by atoms with Gasteiger partial charge in [0.1, 0.15) is 5.75 Å². The molecule has 0 radical (unpaired) electrons. The number of carbonyl (C=O) groups is 1. The number of hydrogen-bond donors (Lipinski definition) is 1. The second-order valence-corrected chi connectivity index (χ2v) is 10.1. The third kappa shape index (κ3) is 5.50. The maximum atomic E-state index is 11.9. The van der Waals surface area contributed by atoms with Gasteiger partial charge in [0.05, 0.1) is 5.75 Å². The lowest BCUT2D eigenvalue weighted by Crippen LogP contribution is -2.20. The molecule has 9 heteroatoms. The van der Waals surface area contributed by atoms with Gasteiger partial charge in [-0.25, -0.2) is 8.42 Å². The molecule has 0 saturated carbocycles. The summed E-state index contributed by atoms with van der Waals surface area (Å²) in [7, 11) is -3.43. The van der Waals surface area contributed by atoms with E-state index in [1.165, 1.54) is 5.56 Å². The minimum Gasteiger partial charge on any atom is -0.484 e. The third-order valence-electron chi connectivity index (χ3n) is 3.48. The molecule has 7 nitrogen and oxygen atoms in total. The first-order chi connectivity index (χ1) is 12.1. The van der Waals surface area contributed by atoms with Crippen LogP contribution in [0.3, 0.4) is 0 Å². The number of rotatable bonds is 7. The van der Waals surface area contributed by atoms with Crippen LogP contribution in [0.4, 0.5) is 5.13 Å². The number of benzene rings is 1. The van der Waals surface area contributed by atoms with Crippen LogP contribution in [0.2, 0.25) is 0 Å². The van der Waals surface area contributed by atoms with Crippen LogP contribution in [0.1, 0.15) is 39.7 Å². The number of amides is 1. The van der Waals surface area contributed by atoms with Gasteiger partial charge in [0, 0.05) is 0 Å². The number of aromatic nitrogens is 2. The van der Waals surface area contributed by atoms with Crippen LogP contribution < -0.4 is 10.1 Å². The lowest BCUT2D eigenvalue weighted by molar-refractivity contribution is -0.118. The Morgan fingerprint density at radius 1 is 1.19 bits per heavy atom. The molecule has 1 amide bonds. The lowest BCUT2D eigenvalue weighted by atomic mass is 9.87. The molecule has 26 heavy (non-hydrogen) atoms. The molecule has 142 valence electrons. The van der Waals surface area contributed by atoms with Crippen molar-refractivity contribution in [3.8, 4) is 5.75 Å². The minimum absolute atomic E-state index is 0.00323. The van der Waals surface area contributed by atoms with E-state index in [1.807, 2.05) is 24.3 Å². The van der Waals surface area contributed by atoms with Gasteiger partial charge in [0.15, 0.2) is 6.61 Å². The first-order valence-corrected chi connectivity index (χ1v) is 10.7. The lowest BCUT2D eigenvalue weighted by Gasteiger charge is -2.19. The molecular formula is C17H23N3O4S2. The minimum atomic E-state index is -3.43. The molecule has 0 bridgehead atoms. The first-order valence-electron chi connectivity index (χ1n) is 8.21. The summed E-state index contributed by atoms with van der Waals surface area (Å²) >= 11 is 0.837. The van der Waals surface area contributed by atoms with Gasteiger partial charge in [-0.2, -0.15) is 0 Å². The smallest absolute Gasteiger partial charge is 0.264 e. The van der Waals surface area contributed by atoms with E-state index in [2.05, 4.69) is 36.3 Å². The van der Waals surface area contributed by atoms with E-state index in [0.717, 1.165) is 11.3 Å². The van der Waals surface area contributed by atoms with E-state index in [0.29, 0.717) is 12.2 Å². The summed E-state index contributed by atoms with van der Waals surface area (Å²) in [5.41, 5.74) is 1.22. The van der Waals surface area contributed by atoms with Crippen LogP contribution in [0.25, 0.3) is 0 Å². The molecule has 1 aromatic heterocycles. The zero-order valence-electron chi connectivity index (χ0n) is 15.3. The number of carbonyl (C=O) groups excluding carboxylic acids is 1. The van der Waals surface area contributed by atoms with Crippen molar-refractivity contribution in [1.82, 2.24) is 10.2 Å². The number of ether oxygens (including phenoxy) is 1. The van der Waals surface area contributed by atoms with E-state index in [1.54, 1.807) is 6.92 Å². The largest absolute Gasteiger partial charge is 0.484 e. The summed E-state index contributed by atoms with van der Waals surface area (Å²) in [4.78, 5) is 11.9. The number of nitrogens with one attached hydrogen (secondary N) is 1. The van der Waals surface area contributed by atoms with E-state index < -0.39 is 15.7 Å².